The Bertz CT molecular complexity index is 726. The topological polar surface area (TPSA) is 62.4 Å². The minimum absolute atomic E-state index is 0.244. The normalized spacial score (nSPS) is 10.8. The van der Waals surface area contributed by atoms with Crippen LogP contribution in [0.3, 0.4) is 0 Å². The van der Waals surface area contributed by atoms with Crippen molar-refractivity contribution in [3.63, 3.8) is 0 Å². The van der Waals surface area contributed by atoms with E-state index in [1.807, 2.05) is 35.7 Å². The second kappa shape index (κ2) is 8.23. The highest BCUT2D eigenvalue weighted by Crippen LogP contribution is 2.16. The number of benzene rings is 2. The van der Waals surface area contributed by atoms with Crippen molar-refractivity contribution in [2.45, 2.75) is 0 Å². The summed E-state index contributed by atoms with van der Waals surface area (Å²) >= 11 is 6.96. The Kier molecular flexibility index (Phi) is 6.01. The first-order chi connectivity index (χ1) is 10.7. The van der Waals surface area contributed by atoms with Gasteiger partial charge in [0.05, 0.1) is 22.1 Å². The molecule has 6 heteroatoms. The summed E-state index contributed by atoms with van der Waals surface area (Å²) in [6.45, 7) is 0. The van der Waals surface area contributed by atoms with Crippen LogP contribution in [-0.4, -0.2) is 17.4 Å². The zero-order valence-corrected chi connectivity index (χ0v) is 13.0. The number of carbonyl (C=O) groups excluding carboxylic acids is 1. The van der Waals surface area contributed by atoms with E-state index >= 15 is 0 Å². The minimum atomic E-state index is -0.638. The summed E-state index contributed by atoms with van der Waals surface area (Å²) in [5, 5.41) is 14.8. The quantitative estimate of drug-likeness (QED) is 0.358. The lowest BCUT2D eigenvalue weighted by Crippen LogP contribution is -2.08. The molecule has 0 amide bonds. The molecule has 2 rings (SSSR count). The Morgan fingerprint density at radius 3 is 2.55 bits per heavy atom. The van der Waals surface area contributed by atoms with Crippen LogP contribution in [0.5, 0.6) is 0 Å². The minimum Gasteiger partial charge on any atom is -0.312 e. The molecular weight excluding hydrogens is 320 g/mol. The molecule has 0 N–H and O–H groups in total. The summed E-state index contributed by atoms with van der Waals surface area (Å²) in [5.74, 6) is -0.322. The molecule has 4 nitrogen and oxygen atoms in total. The number of hydrogen-bond acceptors (Lipinski definition) is 5. The summed E-state index contributed by atoms with van der Waals surface area (Å²) in [6.07, 6.45) is 0. The van der Waals surface area contributed by atoms with Crippen molar-refractivity contribution >= 4 is 35.0 Å². The van der Waals surface area contributed by atoms with Crippen LogP contribution in [0, 0.1) is 10.7 Å². The third-order valence-corrected chi connectivity index (χ3v) is 3.59. The van der Waals surface area contributed by atoms with E-state index in [1.165, 1.54) is 0 Å². The molecule has 2 aromatic carbocycles. The van der Waals surface area contributed by atoms with E-state index in [9.17, 15) is 4.79 Å². The van der Waals surface area contributed by atoms with Gasteiger partial charge >= 0.3 is 5.97 Å². The second-order valence-corrected chi connectivity index (χ2v) is 5.31. The van der Waals surface area contributed by atoms with Crippen LogP contribution in [0.15, 0.2) is 59.8 Å². The van der Waals surface area contributed by atoms with Gasteiger partial charge in [0.15, 0.2) is 0 Å². The lowest BCUT2D eigenvalue weighted by Gasteiger charge is -2.05. The van der Waals surface area contributed by atoms with Crippen LogP contribution in [0.2, 0.25) is 5.02 Å². The highest BCUT2D eigenvalue weighted by molar-refractivity contribution is 8.04. The molecular formula is C16H11ClN2O2S. The van der Waals surface area contributed by atoms with E-state index in [0.29, 0.717) is 16.5 Å². The lowest BCUT2D eigenvalue weighted by atomic mass is 10.1. The maximum Gasteiger partial charge on any atom is 0.367 e. The number of oxime groups is 1. The molecule has 0 unspecified atom stereocenters. The molecule has 0 aliphatic heterocycles. The molecule has 22 heavy (non-hydrogen) atoms. The molecule has 0 aliphatic rings. The molecule has 0 bridgehead atoms. The van der Waals surface area contributed by atoms with Gasteiger partial charge in [0.2, 0.25) is 0 Å². The highest BCUT2D eigenvalue weighted by atomic mass is 35.5. The average molecular weight is 331 g/mol. The zero-order valence-electron chi connectivity index (χ0n) is 11.4. The van der Waals surface area contributed by atoms with Gasteiger partial charge in [0.25, 0.3) is 0 Å². The summed E-state index contributed by atoms with van der Waals surface area (Å²) in [4.78, 5) is 17.0. The van der Waals surface area contributed by atoms with Crippen molar-refractivity contribution in [3.8, 4) is 5.40 Å². The monoisotopic (exact) mass is 330 g/mol. The number of thioether (sulfide) groups is 1. The largest absolute Gasteiger partial charge is 0.367 e. The fourth-order valence-corrected chi connectivity index (χ4v) is 2.30. The van der Waals surface area contributed by atoms with E-state index < -0.39 is 5.97 Å². The predicted molar refractivity (Wildman–Crippen MR) is 87.9 cm³/mol. The molecule has 0 spiro atoms. The third-order valence-electron chi connectivity index (χ3n) is 2.71. The molecule has 0 fully saturated rings. The van der Waals surface area contributed by atoms with Crippen LogP contribution in [-0.2, 0) is 4.84 Å². The van der Waals surface area contributed by atoms with Crippen molar-refractivity contribution in [3.05, 3.63) is 70.7 Å². The van der Waals surface area contributed by atoms with Crippen LogP contribution in [0.4, 0.5) is 0 Å². The van der Waals surface area contributed by atoms with Gasteiger partial charge in [-0.05, 0) is 23.9 Å². The number of thiocyanates is 1. The number of hydrogen-bond donors (Lipinski definition) is 0. The molecule has 0 saturated heterocycles. The average Bonchev–Trinajstić information content (AvgIpc) is 2.56. The fraction of sp³-hybridized carbons (Fsp3) is 0.0625. The van der Waals surface area contributed by atoms with Crippen molar-refractivity contribution in [2.24, 2.45) is 5.16 Å². The van der Waals surface area contributed by atoms with Crippen molar-refractivity contribution in [1.82, 2.24) is 0 Å². The van der Waals surface area contributed by atoms with Gasteiger partial charge in [0, 0.05) is 5.56 Å². The molecule has 0 saturated carbocycles. The molecule has 0 atom stereocenters. The summed E-state index contributed by atoms with van der Waals surface area (Å²) in [6, 6.07) is 15.8. The van der Waals surface area contributed by atoms with Crippen molar-refractivity contribution in [1.29, 1.82) is 5.26 Å². The van der Waals surface area contributed by atoms with Crippen molar-refractivity contribution in [2.75, 3.05) is 5.75 Å². The summed E-state index contributed by atoms with van der Waals surface area (Å²) in [7, 11) is 0. The van der Waals surface area contributed by atoms with Gasteiger partial charge in [0.1, 0.15) is 5.40 Å². The third kappa shape index (κ3) is 4.35. The first kappa shape index (κ1) is 16.1. The number of rotatable bonds is 5. The van der Waals surface area contributed by atoms with Crippen LogP contribution in [0.1, 0.15) is 15.9 Å². The highest BCUT2D eigenvalue weighted by Gasteiger charge is 2.12. The predicted octanol–water partition coefficient (Wildman–Crippen LogP) is 4.12. The van der Waals surface area contributed by atoms with Crippen LogP contribution >= 0.6 is 23.4 Å². The summed E-state index contributed by atoms with van der Waals surface area (Å²) in [5.41, 5.74) is 1.54. The van der Waals surface area contributed by atoms with Gasteiger partial charge in [-0.2, -0.15) is 5.26 Å². The van der Waals surface area contributed by atoms with E-state index in [4.69, 9.17) is 21.7 Å². The van der Waals surface area contributed by atoms with E-state index in [-0.39, 0.29) is 5.56 Å². The second-order valence-electron chi connectivity index (χ2n) is 4.14. The smallest absolute Gasteiger partial charge is 0.312 e. The number of nitrogens with zero attached hydrogens (tertiary/aromatic N) is 2. The lowest BCUT2D eigenvalue weighted by molar-refractivity contribution is 0.0517. The first-order valence-corrected chi connectivity index (χ1v) is 7.67. The Labute approximate surface area is 137 Å². The van der Waals surface area contributed by atoms with E-state index in [2.05, 4.69) is 5.16 Å². The molecule has 0 heterocycles. The molecule has 0 aliphatic carbocycles. The Morgan fingerprint density at radius 2 is 1.86 bits per heavy atom. The molecule has 110 valence electrons. The van der Waals surface area contributed by atoms with Gasteiger partial charge in [-0.1, -0.05) is 59.2 Å². The Balaban J connectivity index is 2.18. The van der Waals surface area contributed by atoms with Gasteiger partial charge in [-0.25, -0.2) is 4.79 Å². The number of nitriles is 1. The van der Waals surface area contributed by atoms with Crippen LogP contribution < -0.4 is 0 Å². The standard InChI is InChI=1S/C16H11ClN2O2S/c17-14-9-5-4-8-13(14)16(20)21-19-15(10-22-11-18)12-6-2-1-3-7-12/h1-9H,10H2/b19-15-. The molecule has 0 aromatic heterocycles. The number of carbonyl (C=O) groups is 1. The van der Waals surface area contributed by atoms with Gasteiger partial charge < -0.3 is 4.84 Å². The zero-order chi connectivity index (χ0) is 15.8. The van der Waals surface area contributed by atoms with Gasteiger partial charge in [-0.3, -0.25) is 0 Å². The molecule has 2 aromatic rings. The van der Waals surface area contributed by atoms with Crippen molar-refractivity contribution < 1.29 is 9.63 Å². The summed E-state index contributed by atoms with van der Waals surface area (Å²) < 4.78 is 0. The Hall–Kier alpha value is -2.29. The van der Waals surface area contributed by atoms with E-state index in [1.54, 1.807) is 24.3 Å². The van der Waals surface area contributed by atoms with E-state index in [0.717, 1.165) is 17.3 Å². The van der Waals surface area contributed by atoms with Crippen LogP contribution in [0.25, 0.3) is 0 Å². The maximum absolute atomic E-state index is 12.0. The fourth-order valence-electron chi connectivity index (χ4n) is 1.67. The van der Waals surface area contributed by atoms with Gasteiger partial charge in [-0.15, -0.1) is 0 Å². The molecule has 0 radical (unpaired) electrons. The number of halogens is 1. The Morgan fingerprint density at radius 1 is 1.18 bits per heavy atom. The SMILES string of the molecule is N#CSC/C(=N/OC(=O)c1ccccc1Cl)c1ccccc1. The maximum atomic E-state index is 12.0. The first-order valence-electron chi connectivity index (χ1n) is 6.31.